The molecule has 1 atom stereocenters. The molecule has 1 aliphatic carbocycles. The van der Waals surface area contributed by atoms with Crippen LogP contribution in [-0.4, -0.2) is 19.3 Å². The van der Waals surface area contributed by atoms with Gasteiger partial charge in [0.2, 0.25) is 0 Å². The van der Waals surface area contributed by atoms with E-state index in [9.17, 15) is 0 Å². The SMILES string of the molecule is CO[C@]1(CCN)C=CC=CC1. The minimum Gasteiger partial charge on any atom is -0.374 e. The van der Waals surface area contributed by atoms with Gasteiger partial charge in [-0.25, -0.2) is 0 Å². The van der Waals surface area contributed by atoms with Crippen molar-refractivity contribution in [1.82, 2.24) is 0 Å². The second-order valence-corrected chi connectivity index (χ2v) is 2.80. The molecule has 0 saturated heterocycles. The molecule has 0 spiro atoms. The third-order valence-corrected chi connectivity index (χ3v) is 2.08. The van der Waals surface area contributed by atoms with Gasteiger partial charge in [0.15, 0.2) is 0 Å². The molecule has 2 N–H and O–H groups in total. The second-order valence-electron chi connectivity index (χ2n) is 2.80. The topological polar surface area (TPSA) is 35.2 Å². The summed E-state index contributed by atoms with van der Waals surface area (Å²) in [7, 11) is 1.74. The van der Waals surface area contributed by atoms with Crippen molar-refractivity contribution in [3.05, 3.63) is 24.3 Å². The maximum Gasteiger partial charge on any atom is 0.0908 e. The van der Waals surface area contributed by atoms with Crippen molar-refractivity contribution in [3.8, 4) is 0 Å². The molecular formula is C9H15NO. The molecule has 0 bridgehead atoms. The predicted octanol–water partition coefficient (Wildman–Crippen LogP) is 1.24. The lowest BCUT2D eigenvalue weighted by atomic mass is 9.92. The smallest absolute Gasteiger partial charge is 0.0908 e. The highest BCUT2D eigenvalue weighted by molar-refractivity contribution is 5.18. The Hall–Kier alpha value is -0.600. The number of allylic oxidation sites excluding steroid dienone is 2. The summed E-state index contributed by atoms with van der Waals surface area (Å²) in [5.74, 6) is 0. The number of hydrogen-bond donors (Lipinski definition) is 1. The molecule has 0 radical (unpaired) electrons. The fraction of sp³-hybridized carbons (Fsp3) is 0.556. The average Bonchev–Trinajstić information content (AvgIpc) is 2.07. The number of ether oxygens (including phenoxy) is 1. The molecule has 2 heteroatoms. The molecule has 0 amide bonds. The normalized spacial score (nSPS) is 29.3. The molecule has 0 aromatic heterocycles. The zero-order valence-corrected chi connectivity index (χ0v) is 6.92. The molecule has 0 fully saturated rings. The van der Waals surface area contributed by atoms with Crippen molar-refractivity contribution in [1.29, 1.82) is 0 Å². The lowest BCUT2D eigenvalue weighted by Crippen LogP contribution is -2.32. The van der Waals surface area contributed by atoms with E-state index in [4.69, 9.17) is 10.5 Å². The first-order valence-electron chi connectivity index (χ1n) is 3.92. The third kappa shape index (κ3) is 1.91. The second kappa shape index (κ2) is 3.69. The monoisotopic (exact) mass is 153 g/mol. The average molecular weight is 153 g/mol. The van der Waals surface area contributed by atoms with Gasteiger partial charge in [-0.1, -0.05) is 24.3 Å². The van der Waals surface area contributed by atoms with E-state index in [2.05, 4.69) is 12.2 Å². The van der Waals surface area contributed by atoms with E-state index in [0.717, 1.165) is 12.8 Å². The van der Waals surface area contributed by atoms with Crippen LogP contribution in [0.5, 0.6) is 0 Å². The van der Waals surface area contributed by atoms with Crippen molar-refractivity contribution >= 4 is 0 Å². The minimum atomic E-state index is -0.122. The number of methoxy groups -OCH3 is 1. The van der Waals surface area contributed by atoms with Crippen LogP contribution in [0.3, 0.4) is 0 Å². The lowest BCUT2D eigenvalue weighted by Gasteiger charge is -2.29. The Kier molecular flexibility index (Phi) is 2.85. The van der Waals surface area contributed by atoms with Crippen LogP contribution in [-0.2, 0) is 4.74 Å². The highest BCUT2D eigenvalue weighted by atomic mass is 16.5. The summed E-state index contributed by atoms with van der Waals surface area (Å²) >= 11 is 0. The molecule has 0 unspecified atom stereocenters. The molecule has 0 aliphatic heterocycles. The van der Waals surface area contributed by atoms with Crippen LogP contribution in [0.4, 0.5) is 0 Å². The molecule has 0 heterocycles. The minimum absolute atomic E-state index is 0.122. The van der Waals surface area contributed by atoms with Crippen molar-refractivity contribution in [2.45, 2.75) is 18.4 Å². The number of hydrogen-bond acceptors (Lipinski definition) is 2. The standard InChI is InChI=1S/C9H15NO/c1-11-9(7-8-10)5-3-2-4-6-9/h2-5H,6-8,10H2,1H3/t9-/m1/s1. The molecule has 2 nitrogen and oxygen atoms in total. The Morgan fingerprint density at radius 2 is 2.36 bits per heavy atom. The third-order valence-electron chi connectivity index (χ3n) is 2.08. The Morgan fingerprint density at radius 1 is 1.55 bits per heavy atom. The predicted molar refractivity (Wildman–Crippen MR) is 46.3 cm³/mol. The van der Waals surface area contributed by atoms with E-state index in [-0.39, 0.29) is 5.60 Å². The van der Waals surface area contributed by atoms with E-state index in [1.165, 1.54) is 0 Å². The Bertz CT molecular complexity index is 174. The van der Waals surface area contributed by atoms with Crippen molar-refractivity contribution < 1.29 is 4.74 Å². The van der Waals surface area contributed by atoms with Gasteiger partial charge in [0.25, 0.3) is 0 Å². The molecule has 11 heavy (non-hydrogen) atoms. The molecule has 1 aliphatic rings. The number of rotatable bonds is 3. The highest BCUT2D eigenvalue weighted by Crippen LogP contribution is 2.24. The maximum absolute atomic E-state index is 5.48. The molecule has 0 saturated carbocycles. The van der Waals surface area contributed by atoms with Gasteiger partial charge in [-0.15, -0.1) is 0 Å². The van der Waals surface area contributed by atoms with E-state index >= 15 is 0 Å². The maximum atomic E-state index is 5.48. The van der Waals surface area contributed by atoms with Crippen molar-refractivity contribution in [2.24, 2.45) is 5.73 Å². The lowest BCUT2D eigenvalue weighted by molar-refractivity contribution is 0.0287. The van der Waals surface area contributed by atoms with Gasteiger partial charge in [0.1, 0.15) is 0 Å². The van der Waals surface area contributed by atoms with Crippen LogP contribution in [0.1, 0.15) is 12.8 Å². The van der Waals surface area contributed by atoms with Crippen LogP contribution >= 0.6 is 0 Å². The molecule has 0 aromatic rings. The first-order valence-corrected chi connectivity index (χ1v) is 3.92. The van der Waals surface area contributed by atoms with Crippen molar-refractivity contribution in [2.75, 3.05) is 13.7 Å². The highest BCUT2D eigenvalue weighted by Gasteiger charge is 2.24. The quantitative estimate of drug-likeness (QED) is 0.662. The zero-order chi connectivity index (χ0) is 8.16. The summed E-state index contributed by atoms with van der Waals surface area (Å²) in [5, 5.41) is 0. The van der Waals surface area contributed by atoms with E-state index in [1.807, 2.05) is 12.2 Å². The van der Waals surface area contributed by atoms with Crippen LogP contribution in [0.15, 0.2) is 24.3 Å². The molecular weight excluding hydrogens is 138 g/mol. The van der Waals surface area contributed by atoms with Gasteiger partial charge >= 0.3 is 0 Å². The summed E-state index contributed by atoms with van der Waals surface area (Å²) in [4.78, 5) is 0. The Balaban J connectivity index is 2.60. The summed E-state index contributed by atoms with van der Waals surface area (Å²) in [6.45, 7) is 0.673. The van der Waals surface area contributed by atoms with Gasteiger partial charge in [-0.3, -0.25) is 0 Å². The molecule has 1 rings (SSSR count). The van der Waals surface area contributed by atoms with Crippen LogP contribution < -0.4 is 5.73 Å². The molecule has 0 aromatic carbocycles. The first-order chi connectivity index (χ1) is 5.33. The largest absolute Gasteiger partial charge is 0.374 e. The fourth-order valence-corrected chi connectivity index (χ4v) is 1.33. The van der Waals surface area contributed by atoms with Gasteiger partial charge in [0.05, 0.1) is 5.60 Å². The summed E-state index contributed by atoms with van der Waals surface area (Å²) in [6.07, 6.45) is 10.1. The van der Waals surface area contributed by atoms with Crippen LogP contribution in [0, 0.1) is 0 Å². The Morgan fingerprint density at radius 3 is 2.82 bits per heavy atom. The molecule has 62 valence electrons. The van der Waals surface area contributed by atoms with Gasteiger partial charge in [0, 0.05) is 7.11 Å². The van der Waals surface area contributed by atoms with Crippen molar-refractivity contribution in [3.63, 3.8) is 0 Å². The number of nitrogens with two attached hydrogens (primary N) is 1. The van der Waals surface area contributed by atoms with Crippen LogP contribution in [0.2, 0.25) is 0 Å². The van der Waals surface area contributed by atoms with E-state index < -0.39 is 0 Å². The Labute approximate surface area is 67.7 Å². The van der Waals surface area contributed by atoms with Crippen LogP contribution in [0.25, 0.3) is 0 Å². The van der Waals surface area contributed by atoms with Gasteiger partial charge in [-0.2, -0.15) is 0 Å². The fourth-order valence-electron chi connectivity index (χ4n) is 1.33. The zero-order valence-electron chi connectivity index (χ0n) is 6.92. The van der Waals surface area contributed by atoms with E-state index in [1.54, 1.807) is 7.11 Å². The summed E-state index contributed by atoms with van der Waals surface area (Å²) in [6, 6.07) is 0. The first kappa shape index (κ1) is 8.50. The van der Waals surface area contributed by atoms with Gasteiger partial charge in [-0.05, 0) is 19.4 Å². The summed E-state index contributed by atoms with van der Waals surface area (Å²) in [5.41, 5.74) is 5.36. The van der Waals surface area contributed by atoms with Gasteiger partial charge < -0.3 is 10.5 Å². The van der Waals surface area contributed by atoms with E-state index in [0.29, 0.717) is 6.54 Å². The summed E-state index contributed by atoms with van der Waals surface area (Å²) < 4.78 is 5.40.